The van der Waals surface area contributed by atoms with Gasteiger partial charge < -0.3 is 18.9 Å². The van der Waals surface area contributed by atoms with Crippen LogP contribution in [0.1, 0.15) is 35.4 Å². The van der Waals surface area contributed by atoms with Gasteiger partial charge in [0.1, 0.15) is 34.7 Å². The summed E-state index contributed by atoms with van der Waals surface area (Å²) in [6, 6.07) is 11.0. The number of fused-ring (bicyclic) bond motifs is 1. The Bertz CT molecular complexity index is 736. The highest BCUT2D eigenvalue weighted by atomic mass is 16.5. The van der Waals surface area contributed by atoms with Crippen LogP contribution in [0.3, 0.4) is 0 Å². The molecule has 1 heterocycles. The molecule has 1 unspecified atom stereocenters. The smallest absolute Gasteiger partial charge is 0.174 e. The second-order valence-electron chi connectivity index (χ2n) is 5.44. The van der Waals surface area contributed by atoms with E-state index < -0.39 is 0 Å². The topological polar surface area (TPSA) is 54.0 Å². The summed E-state index contributed by atoms with van der Waals surface area (Å²) in [4.78, 5) is 12.6. The molecule has 2 aromatic rings. The molecule has 0 amide bonds. The van der Waals surface area contributed by atoms with E-state index in [-0.39, 0.29) is 18.3 Å². The summed E-state index contributed by atoms with van der Waals surface area (Å²) in [5.41, 5.74) is 1.40. The summed E-state index contributed by atoms with van der Waals surface area (Å²) >= 11 is 0. The van der Waals surface area contributed by atoms with Crippen molar-refractivity contribution in [2.75, 3.05) is 20.8 Å². The molecule has 126 valence electrons. The predicted octanol–water partition coefficient (Wildman–Crippen LogP) is 3.81. The van der Waals surface area contributed by atoms with E-state index in [1.54, 1.807) is 19.2 Å². The molecule has 1 atom stereocenters. The maximum atomic E-state index is 12.6. The lowest BCUT2D eigenvalue weighted by Gasteiger charge is -2.27. The number of methoxy groups -OCH3 is 2. The average molecular weight is 328 g/mol. The second kappa shape index (κ2) is 6.83. The van der Waals surface area contributed by atoms with E-state index in [1.807, 2.05) is 31.2 Å². The Hall–Kier alpha value is -2.69. The molecule has 5 nitrogen and oxygen atoms in total. The van der Waals surface area contributed by atoms with Crippen molar-refractivity contribution in [2.45, 2.75) is 19.4 Å². The minimum absolute atomic E-state index is 0.00497. The van der Waals surface area contributed by atoms with Crippen LogP contribution in [0, 0.1) is 0 Å². The largest absolute Gasteiger partial charge is 0.496 e. The monoisotopic (exact) mass is 328 g/mol. The van der Waals surface area contributed by atoms with Gasteiger partial charge in [-0.3, -0.25) is 4.79 Å². The molecule has 1 aliphatic rings. The van der Waals surface area contributed by atoms with Crippen LogP contribution in [0.25, 0.3) is 0 Å². The molecule has 0 bridgehead atoms. The van der Waals surface area contributed by atoms with Crippen molar-refractivity contribution in [1.29, 1.82) is 0 Å². The molecule has 0 saturated carbocycles. The van der Waals surface area contributed by atoms with Gasteiger partial charge in [-0.05, 0) is 24.6 Å². The van der Waals surface area contributed by atoms with E-state index >= 15 is 0 Å². The van der Waals surface area contributed by atoms with Crippen LogP contribution in [0.2, 0.25) is 0 Å². The van der Waals surface area contributed by atoms with Crippen molar-refractivity contribution in [3.63, 3.8) is 0 Å². The normalized spacial score (nSPS) is 16.1. The van der Waals surface area contributed by atoms with E-state index in [0.29, 0.717) is 29.4 Å². The third-order valence-corrected chi connectivity index (χ3v) is 3.98. The zero-order valence-electron chi connectivity index (χ0n) is 14.0. The third kappa shape index (κ3) is 3.02. The SMILES string of the molecule is CCOc1ccc(C2CC(=O)c3c(OC)cc(OC)cc3O2)cc1. The van der Waals surface area contributed by atoms with Crippen LogP contribution in [0.15, 0.2) is 36.4 Å². The zero-order valence-corrected chi connectivity index (χ0v) is 14.0. The molecule has 24 heavy (non-hydrogen) atoms. The van der Waals surface area contributed by atoms with Gasteiger partial charge in [-0.15, -0.1) is 0 Å². The lowest BCUT2D eigenvalue weighted by Crippen LogP contribution is -2.21. The Morgan fingerprint density at radius 2 is 1.83 bits per heavy atom. The fourth-order valence-corrected chi connectivity index (χ4v) is 2.81. The Balaban J connectivity index is 1.92. The van der Waals surface area contributed by atoms with E-state index in [1.165, 1.54) is 7.11 Å². The van der Waals surface area contributed by atoms with Crippen molar-refractivity contribution in [1.82, 2.24) is 0 Å². The van der Waals surface area contributed by atoms with Crippen molar-refractivity contribution in [3.05, 3.63) is 47.5 Å². The van der Waals surface area contributed by atoms with Crippen LogP contribution in [-0.4, -0.2) is 26.6 Å². The lowest BCUT2D eigenvalue weighted by molar-refractivity contribution is 0.0844. The predicted molar refractivity (Wildman–Crippen MR) is 89.5 cm³/mol. The lowest BCUT2D eigenvalue weighted by atomic mass is 9.95. The van der Waals surface area contributed by atoms with Crippen LogP contribution in [0.4, 0.5) is 0 Å². The fraction of sp³-hybridized carbons (Fsp3) is 0.316. The molecular formula is C19H20O5. The first-order valence-electron chi connectivity index (χ1n) is 7.85. The molecule has 2 aromatic carbocycles. The van der Waals surface area contributed by atoms with E-state index in [4.69, 9.17) is 18.9 Å². The van der Waals surface area contributed by atoms with Crippen molar-refractivity contribution in [2.24, 2.45) is 0 Å². The molecule has 0 aliphatic carbocycles. The number of ether oxygens (including phenoxy) is 4. The van der Waals surface area contributed by atoms with Crippen molar-refractivity contribution in [3.8, 4) is 23.0 Å². The Labute approximate surface area is 141 Å². The van der Waals surface area contributed by atoms with Gasteiger partial charge in [0.05, 0.1) is 27.2 Å². The fourth-order valence-electron chi connectivity index (χ4n) is 2.81. The van der Waals surface area contributed by atoms with Gasteiger partial charge in [-0.2, -0.15) is 0 Å². The first kappa shape index (κ1) is 16.2. The second-order valence-corrected chi connectivity index (χ2v) is 5.44. The Morgan fingerprint density at radius 3 is 2.46 bits per heavy atom. The van der Waals surface area contributed by atoms with E-state index in [2.05, 4.69) is 0 Å². The molecule has 0 fully saturated rings. The molecule has 0 N–H and O–H groups in total. The van der Waals surface area contributed by atoms with Crippen LogP contribution in [-0.2, 0) is 0 Å². The molecule has 0 aromatic heterocycles. The first-order valence-corrected chi connectivity index (χ1v) is 7.85. The van der Waals surface area contributed by atoms with Crippen LogP contribution in [0.5, 0.6) is 23.0 Å². The highest BCUT2D eigenvalue weighted by Gasteiger charge is 2.31. The quantitative estimate of drug-likeness (QED) is 0.835. The van der Waals surface area contributed by atoms with Gasteiger partial charge in [0, 0.05) is 12.1 Å². The van der Waals surface area contributed by atoms with Crippen molar-refractivity contribution < 1.29 is 23.7 Å². The number of carbonyl (C=O) groups excluding carboxylic acids is 1. The van der Waals surface area contributed by atoms with Gasteiger partial charge in [-0.1, -0.05) is 12.1 Å². The number of carbonyl (C=O) groups is 1. The molecule has 5 heteroatoms. The zero-order chi connectivity index (χ0) is 17.1. The van der Waals surface area contributed by atoms with E-state index in [9.17, 15) is 4.79 Å². The first-order chi connectivity index (χ1) is 11.7. The Morgan fingerprint density at radius 1 is 1.08 bits per heavy atom. The summed E-state index contributed by atoms with van der Waals surface area (Å²) in [6.45, 7) is 2.55. The standard InChI is InChI=1S/C19H20O5/c1-4-23-13-7-5-12(6-8-13)16-11-15(20)19-17(22-3)9-14(21-2)10-18(19)24-16/h5-10,16H,4,11H2,1-3H3. The van der Waals surface area contributed by atoms with Crippen molar-refractivity contribution >= 4 is 5.78 Å². The van der Waals surface area contributed by atoms with Gasteiger partial charge in [0.2, 0.25) is 0 Å². The number of hydrogen-bond donors (Lipinski definition) is 0. The minimum Gasteiger partial charge on any atom is -0.496 e. The van der Waals surface area contributed by atoms with Crippen LogP contribution >= 0.6 is 0 Å². The third-order valence-electron chi connectivity index (χ3n) is 3.98. The minimum atomic E-state index is -0.336. The average Bonchev–Trinajstić information content (AvgIpc) is 2.61. The van der Waals surface area contributed by atoms with Gasteiger partial charge in [0.25, 0.3) is 0 Å². The maximum Gasteiger partial charge on any atom is 0.174 e. The molecule has 3 rings (SSSR count). The molecule has 0 spiro atoms. The molecular weight excluding hydrogens is 308 g/mol. The number of Topliss-reactive ketones (excluding diaryl/α,β-unsaturated/α-hetero) is 1. The van der Waals surface area contributed by atoms with Gasteiger partial charge in [-0.25, -0.2) is 0 Å². The van der Waals surface area contributed by atoms with Crippen LogP contribution < -0.4 is 18.9 Å². The maximum absolute atomic E-state index is 12.6. The molecule has 1 aliphatic heterocycles. The summed E-state index contributed by atoms with van der Waals surface area (Å²) in [6.07, 6.45) is -0.0681. The van der Waals surface area contributed by atoms with Gasteiger partial charge >= 0.3 is 0 Å². The Kier molecular flexibility index (Phi) is 4.60. The van der Waals surface area contributed by atoms with Gasteiger partial charge in [0.15, 0.2) is 5.78 Å². The number of hydrogen-bond acceptors (Lipinski definition) is 5. The summed E-state index contributed by atoms with van der Waals surface area (Å²) in [5, 5.41) is 0. The summed E-state index contributed by atoms with van der Waals surface area (Å²) in [7, 11) is 3.09. The summed E-state index contributed by atoms with van der Waals surface area (Å²) in [5.74, 6) is 2.34. The molecule has 0 saturated heterocycles. The number of ketones is 1. The highest BCUT2D eigenvalue weighted by molar-refractivity contribution is 6.02. The number of rotatable bonds is 5. The molecule has 0 radical (unpaired) electrons. The summed E-state index contributed by atoms with van der Waals surface area (Å²) < 4.78 is 22.1. The van der Waals surface area contributed by atoms with E-state index in [0.717, 1.165) is 11.3 Å². The number of benzene rings is 2. The highest BCUT2D eigenvalue weighted by Crippen LogP contribution is 2.42.